The highest BCUT2D eigenvalue weighted by molar-refractivity contribution is 9.10. The number of halogens is 1. The van der Waals surface area contributed by atoms with Crippen molar-refractivity contribution in [2.75, 3.05) is 12.4 Å². The quantitative estimate of drug-likeness (QED) is 0.183. The molecule has 0 aliphatic rings. The second-order valence-corrected chi connectivity index (χ2v) is 8.54. The van der Waals surface area contributed by atoms with Crippen LogP contribution in [0.25, 0.3) is 6.08 Å². The molecular weight excluding hydrogens is 524 g/mol. The van der Waals surface area contributed by atoms with Gasteiger partial charge in [0, 0.05) is 15.7 Å². The number of carboxylic acid groups (broad SMARTS) is 1. The predicted octanol–water partition coefficient (Wildman–Crippen LogP) is 6.01. The number of ether oxygens (including phenoxy) is 2. The number of carbonyl (C=O) groups excluding carboxylic acids is 1. The maximum absolute atomic E-state index is 12.7. The third-order valence-corrected chi connectivity index (χ3v) is 5.61. The Morgan fingerprint density at radius 3 is 2.56 bits per heavy atom. The van der Waals surface area contributed by atoms with Crippen molar-refractivity contribution in [1.29, 1.82) is 5.26 Å². The van der Waals surface area contributed by atoms with E-state index in [0.717, 1.165) is 15.6 Å². The van der Waals surface area contributed by atoms with Crippen molar-refractivity contribution in [1.82, 2.24) is 0 Å². The summed E-state index contributed by atoms with van der Waals surface area (Å²) in [5.74, 6) is -0.790. The first-order valence-electron chi connectivity index (χ1n) is 10.8. The van der Waals surface area contributed by atoms with Crippen LogP contribution in [0.5, 0.6) is 11.5 Å². The Balaban J connectivity index is 1.89. The largest absolute Gasteiger partial charge is 0.493 e. The molecule has 0 atom stereocenters. The molecule has 36 heavy (non-hydrogen) atoms. The minimum atomic E-state index is -1.12. The zero-order valence-electron chi connectivity index (χ0n) is 19.5. The van der Waals surface area contributed by atoms with Gasteiger partial charge in [0.1, 0.15) is 18.2 Å². The average molecular weight is 547 g/mol. The molecule has 0 radical (unpaired) electrons. The molecule has 182 valence electrons. The number of hydrogen-bond donors (Lipinski definition) is 2. The maximum atomic E-state index is 12.7. The number of rotatable bonds is 10. The fourth-order valence-corrected chi connectivity index (χ4v) is 3.63. The van der Waals surface area contributed by atoms with Gasteiger partial charge in [-0.1, -0.05) is 40.2 Å². The van der Waals surface area contributed by atoms with Crippen molar-refractivity contribution >= 4 is 39.6 Å². The van der Waals surface area contributed by atoms with Crippen molar-refractivity contribution in [3.63, 3.8) is 0 Å². The number of amides is 1. The van der Waals surface area contributed by atoms with Crippen LogP contribution >= 0.6 is 15.9 Å². The molecule has 3 aromatic carbocycles. The van der Waals surface area contributed by atoms with E-state index in [1.807, 2.05) is 30.3 Å². The minimum Gasteiger partial charge on any atom is -0.493 e. The van der Waals surface area contributed by atoms with Gasteiger partial charge in [0.2, 0.25) is 0 Å². The summed E-state index contributed by atoms with van der Waals surface area (Å²) in [7, 11) is 1.51. The van der Waals surface area contributed by atoms with Crippen LogP contribution in [0.15, 0.2) is 83.4 Å². The van der Waals surface area contributed by atoms with E-state index in [-0.39, 0.29) is 16.8 Å². The van der Waals surface area contributed by atoms with Crippen LogP contribution in [-0.4, -0.2) is 24.1 Å². The summed E-state index contributed by atoms with van der Waals surface area (Å²) in [6.45, 7) is 4.13. The molecule has 3 rings (SSSR count). The predicted molar refractivity (Wildman–Crippen MR) is 141 cm³/mol. The Labute approximate surface area is 217 Å². The summed E-state index contributed by atoms with van der Waals surface area (Å²) in [5, 5.41) is 21.3. The molecule has 0 fully saturated rings. The highest BCUT2D eigenvalue weighted by Gasteiger charge is 2.15. The molecule has 0 spiro atoms. The summed E-state index contributed by atoms with van der Waals surface area (Å²) in [5.41, 5.74) is 2.44. The van der Waals surface area contributed by atoms with Gasteiger partial charge < -0.3 is 19.9 Å². The first-order chi connectivity index (χ1) is 17.3. The van der Waals surface area contributed by atoms with Gasteiger partial charge in [0.05, 0.1) is 12.7 Å². The lowest BCUT2D eigenvalue weighted by molar-refractivity contribution is -0.112. The number of aromatic carboxylic acids is 1. The molecule has 0 saturated carbocycles. The number of carboxylic acids is 1. The van der Waals surface area contributed by atoms with Gasteiger partial charge in [0.25, 0.3) is 5.91 Å². The van der Waals surface area contributed by atoms with Gasteiger partial charge in [0.15, 0.2) is 11.5 Å². The van der Waals surface area contributed by atoms with Gasteiger partial charge in [-0.3, -0.25) is 4.79 Å². The number of anilines is 1. The summed E-state index contributed by atoms with van der Waals surface area (Å²) < 4.78 is 12.6. The van der Waals surface area contributed by atoms with E-state index in [9.17, 15) is 14.9 Å². The molecule has 0 bridgehead atoms. The van der Waals surface area contributed by atoms with Gasteiger partial charge >= 0.3 is 5.97 Å². The van der Waals surface area contributed by atoms with E-state index in [2.05, 4.69) is 27.8 Å². The van der Waals surface area contributed by atoms with Gasteiger partial charge in [-0.05, 0) is 66.1 Å². The van der Waals surface area contributed by atoms with Gasteiger partial charge in [-0.25, -0.2) is 4.79 Å². The molecular formula is C28H23BrN2O5. The molecule has 0 unspecified atom stereocenters. The van der Waals surface area contributed by atoms with Crippen LogP contribution in [0, 0.1) is 11.3 Å². The first-order valence-corrected chi connectivity index (χ1v) is 11.6. The Bertz CT molecular complexity index is 1360. The number of hydrogen-bond acceptors (Lipinski definition) is 5. The summed E-state index contributed by atoms with van der Waals surface area (Å²) in [6, 6.07) is 18.9. The molecule has 2 N–H and O–H groups in total. The number of benzene rings is 3. The van der Waals surface area contributed by atoms with E-state index in [1.54, 1.807) is 24.3 Å². The first kappa shape index (κ1) is 26.3. The van der Waals surface area contributed by atoms with E-state index in [1.165, 1.54) is 31.4 Å². The molecule has 1 amide bonds. The van der Waals surface area contributed by atoms with Crippen LogP contribution in [-0.2, 0) is 17.8 Å². The molecule has 3 aromatic rings. The number of allylic oxidation sites excluding steroid dienone is 1. The van der Waals surface area contributed by atoms with Crippen molar-refractivity contribution < 1.29 is 24.2 Å². The van der Waals surface area contributed by atoms with E-state index in [0.29, 0.717) is 30.1 Å². The molecule has 0 aromatic heterocycles. The normalized spacial score (nSPS) is 10.8. The molecule has 0 aliphatic heterocycles. The van der Waals surface area contributed by atoms with Crippen LogP contribution in [0.1, 0.15) is 27.0 Å². The number of methoxy groups -OCH3 is 1. The topological polar surface area (TPSA) is 109 Å². The summed E-state index contributed by atoms with van der Waals surface area (Å²) >= 11 is 3.41. The zero-order chi connectivity index (χ0) is 26.1. The van der Waals surface area contributed by atoms with Crippen LogP contribution in [0.4, 0.5) is 5.69 Å². The Kier molecular flexibility index (Phi) is 9.03. The second-order valence-electron chi connectivity index (χ2n) is 7.63. The monoisotopic (exact) mass is 546 g/mol. The zero-order valence-corrected chi connectivity index (χ0v) is 21.0. The van der Waals surface area contributed by atoms with Crippen LogP contribution < -0.4 is 14.8 Å². The van der Waals surface area contributed by atoms with Crippen molar-refractivity contribution in [3.05, 3.63) is 106 Å². The maximum Gasteiger partial charge on any atom is 0.335 e. The minimum absolute atomic E-state index is 0.0211. The smallest absolute Gasteiger partial charge is 0.335 e. The highest BCUT2D eigenvalue weighted by atomic mass is 79.9. The lowest BCUT2D eigenvalue weighted by Gasteiger charge is -2.16. The third-order valence-electron chi connectivity index (χ3n) is 5.08. The molecule has 0 saturated heterocycles. The Morgan fingerprint density at radius 1 is 1.17 bits per heavy atom. The standard InChI is InChI=1S/C28H23BrN2O5/c1-3-5-20-12-19(14-25(35-2)26(20)36-17-18-8-10-23(29)11-9-18)13-22(16-30)27(32)31-24-7-4-6-21(15-24)28(33)34/h3-4,6-15H,1,5,17H2,2H3,(H,31,32)(H,33,34)/b22-13-. The fraction of sp³-hybridized carbons (Fsp3) is 0.107. The summed E-state index contributed by atoms with van der Waals surface area (Å²) in [6.07, 6.45) is 3.63. The van der Waals surface area contributed by atoms with Crippen molar-refractivity contribution in [2.45, 2.75) is 13.0 Å². The lowest BCUT2D eigenvalue weighted by atomic mass is 10.0. The van der Waals surface area contributed by atoms with Crippen LogP contribution in [0.2, 0.25) is 0 Å². The Hall–Kier alpha value is -4.35. The van der Waals surface area contributed by atoms with E-state index in [4.69, 9.17) is 14.6 Å². The Morgan fingerprint density at radius 2 is 1.92 bits per heavy atom. The average Bonchev–Trinajstić information content (AvgIpc) is 2.87. The molecule has 7 nitrogen and oxygen atoms in total. The van der Waals surface area contributed by atoms with Crippen LogP contribution in [0.3, 0.4) is 0 Å². The number of nitrogens with one attached hydrogen (secondary N) is 1. The lowest BCUT2D eigenvalue weighted by Crippen LogP contribution is -2.14. The van der Waals surface area contributed by atoms with Gasteiger partial charge in [-0.15, -0.1) is 6.58 Å². The van der Waals surface area contributed by atoms with Crippen molar-refractivity contribution in [2.24, 2.45) is 0 Å². The van der Waals surface area contributed by atoms with E-state index < -0.39 is 11.9 Å². The van der Waals surface area contributed by atoms with Gasteiger partial charge in [-0.2, -0.15) is 5.26 Å². The molecule has 0 aliphatic carbocycles. The fourth-order valence-electron chi connectivity index (χ4n) is 3.37. The second kappa shape index (κ2) is 12.4. The highest BCUT2D eigenvalue weighted by Crippen LogP contribution is 2.35. The number of carbonyl (C=O) groups is 2. The molecule has 8 heteroatoms. The van der Waals surface area contributed by atoms with Crippen molar-refractivity contribution in [3.8, 4) is 17.6 Å². The third kappa shape index (κ3) is 6.84. The molecule has 0 heterocycles. The number of nitrogens with zero attached hydrogens (tertiary/aromatic N) is 1. The summed E-state index contributed by atoms with van der Waals surface area (Å²) in [4.78, 5) is 23.9. The number of nitriles is 1. The SMILES string of the molecule is C=CCc1cc(/C=C(/C#N)C(=O)Nc2cccc(C(=O)O)c2)cc(OC)c1OCc1ccc(Br)cc1. The van der Waals surface area contributed by atoms with E-state index >= 15 is 0 Å².